The summed E-state index contributed by atoms with van der Waals surface area (Å²) in [6.07, 6.45) is 2.90. The lowest BCUT2D eigenvalue weighted by Crippen LogP contribution is -2.31. The van der Waals surface area contributed by atoms with E-state index in [1.54, 1.807) is 7.05 Å². The van der Waals surface area contributed by atoms with Crippen molar-refractivity contribution in [2.75, 3.05) is 18.4 Å². The summed E-state index contributed by atoms with van der Waals surface area (Å²) in [4.78, 5) is 25.0. The van der Waals surface area contributed by atoms with Gasteiger partial charge in [-0.05, 0) is 6.42 Å². The zero-order valence-electron chi connectivity index (χ0n) is 11.0. The first-order chi connectivity index (χ1) is 9.02. The Balaban J connectivity index is 2.06. The third-order valence-electron chi connectivity index (χ3n) is 3.28. The molecule has 19 heavy (non-hydrogen) atoms. The van der Waals surface area contributed by atoms with Crippen LogP contribution in [0, 0.1) is 0 Å². The van der Waals surface area contributed by atoms with Crippen LogP contribution in [0.4, 0.5) is 5.69 Å². The maximum Gasteiger partial charge on any atom is 0.287 e. The van der Waals surface area contributed by atoms with Crippen LogP contribution in [0.2, 0.25) is 5.02 Å². The molecule has 1 aromatic heterocycles. The zero-order valence-corrected chi connectivity index (χ0v) is 11.8. The van der Waals surface area contributed by atoms with E-state index in [1.807, 2.05) is 11.8 Å². The third kappa shape index (κ3) is 2.89. The fourth-order valence-corrected chi connectivity index (χ4v) is 2.39. The normalized spacial score (nSPS) is 18.7. The number of carbonyl (C=O) groups is 1. The molecule has 7 heteroatoms. The second kappa shape index (κ2) is 5.61. The second-order valence-corrected chi connectivity index (χ2v) is 5.00. The van der Waals surface area contributed by atoms with E-state index >= 15 is 0 Å². The molecule has 0 bridgehead atoms. The average Bonchev–Trinajstić information content (AvgIpc) is 2.87. The Morgan fingerprint density at radius 2 is 2.37 bits per heavy atom. The van der Waals surface area contributed by atoms with Crippen LogP contribution < -0.4 is 10.9 Å². The molecule has 0 saturated carbocycles. The first kappa shape index (κ1) is 13.9. The molecule has 1 saturated heterocycles. The highest BCUT2D eigenvalue weighted by Gasteiger charge is 2.25. The topological polar surface area (TPSA) is 67.2 Å². The monoisotopic (exact) mass is 284 g/mol. The van der Waals surface area contributed by atoms with Crippen molar-refractivity contribution in [1.82, 2.24) is 14.7 Å². The van der Waals surface area contributed by atoms with Crippen molar-refractivity contribution in [2.24, 2.45) is 7.05 Å². The van der Waals surface area contributed by atoms with Gasteiger partial charge in [0.15, 0.2) is 0 Å². The van der Waals surface area contributed by atoms with Crippen LogP contribution in [0.15, 0.2) is 11.0 Å². The summed E-state index contributed by atoms with van der Waals surface area (Å²) in [5, 5.41) is 7.25. The number of amides is 1. The van der Waals surface area contributed by atoms with Gasteiger partial charge in [-0.1, -0.05) is 18.5 Å². The molecule has 0 spiro atoms. The quantitative estimate of drug-likeness (QED) is 0.894. The highest BCUT2D eigenvalue weighted by atomic mass is 35.5. The molecule has 104 valence electrons. The molecule has 0 aromatic carbocycles. The molecule has 1 N–H and O–H groups in total. The van der Waals surface area contributed by atoms with Crippen LogP contribution in [0.3, 0.4) is 0 Å². The van der Waals surface area contributed by atoms with E-state index in [2.05, 4.69) is 10.4 Å². The van der Waals surface area contributed by atoms with Crippen molar-refractivity contribution in [2.45, 2.75) is 25.8 Å². The molecule has 2 heterocycles. The summed E-state index contributed by atoms with van der Waals surface area (Å²) in [6, 6.07) is 0.113. The van der Waals surface area contributed by atoms with Crippen molar-refractivity contribution < 1.29 is 4.79 Å². The zero-order chi connectivity index (χ0) is 14.0. The number of anilines is 1. The largest absolute Gasteiger partial charge is 0.378 e. The fourth-order valence-electron chi connectivity index (χ4n) is 2.16. The summed E-state index contributed by atoms with van der Waals surface area (Å²) in [5.74, 6) is 0.150. The van der Waals surface area contributed by atoms with Gasteiger partial charge in [0.05, 0.1) is 11.9 Å². The molecule has 1 aliphatic rings. The predicted octanol–water partition coefficient (Wildman–Crippen LogP) is 0.856. The van der Waals surface area contributed by atoms with E-state index in [9.17, 15) is 9.59 Å². The third-order valence-corrected chi connectivity index (χ3v) is 3.65. The lowest BCUT2D eigenvalue weighted by molar-refractivity contribution is -0.129. The van der Waals surface area contributed by atoms with Gasteiger partial charge in [0, 0.05) is 32.6 Å². The SMILES string of the molecule is CCC(=O)N1CCC(Nc2cnn(C)c(=O)c2Cl)C1. The fraction of sp³-hybridized carbons (Fsp3) is 0.583. The Labute approximate surface area is 116 Å². The Morgan fingerprint density at radius 3 is 3.05 bits per heavy atom. The predicted molar refractivity (Wildman–Crippen MR) is 73.4 cm³/mol. The number of nitrogens with zero attached hydrogens (tertiary/aromatic N) is 3. The van der Waals surface area contributed by atoms with E-state index in [1.165, 1.54) is 10.9 Å². The molecule has 1 amide bonds. The number of nitrogens with one attached hydrogen (secondary N) is 1. The van der Waals surface area contributed by atoms with Gasteiger partial charge < -0.3 is 10.2 Å². The Hall–Kier alpha value is -1.56. The number of hydrogen-bond donors (Lipinski definition) is 1. The minimum absolute atomic E-state index is 0.113. The molecule has 0 aliphatic carbocycles. The van der Waals surface area contributed by atoms with Crippen LogP contribution in [-0.2, 0) is 11.8 Å². The van der Waals surface area contributed by atoms with Gasteiger partial charge in [-0.2, -0.15) is 5.10 Å². The molecule has 1 unspecified atom stereocenters. The summed E-state index contributed by atoms with van der Waals surface area (Å²) in [7, 11) is 1.55. The number of hydrogen-bond acceptors (Lipinski definition) is 4. The smallest absolute Gasteiger partial charge is 0.287 e. The first-order valence-corrected chi connectivity index (χ1v) is 6.66. The number of likely N-dealkylation sites (tertiary alicyclic amines) is 1. The van der Waals surface area contributed by atoms with Gasteiger partial charge >= 0.3 is 0 Å². The maximum atomic E-state index is 11.6. The van der Waals surface area contributed by atoms with Crippen LogP contribution in [0.25, 0.3) is 0 Å². The van der Waals surface area contributed by atoms with Crippen molar-refractivity contribution in [3.8, 4) is 0 Å². The lowest BCUT2D eigenvalue weighted by atomic mass is 10.2. The van der Waals surface area contributed by atoms with Gasteiger partial charge in [-0.15, -0.1) is 0 Å². The van der Waals surface area contributed by atoms with Crippen molar-refractivity contribution in [1.29, 1.82) is 0 Å². The van der Waals surface area contributed by atoms with Crippen molar-refractivity contribution >= 4 is 23.2 Å². The molecular weight excluding hydrogens is 268 g/mol. The van der Waals surface area contributed by atoms with Crippen LogP contribution in [-0.4, -0.2) is 39.7 Å². The van der Waals surface area contributed by atoms with Gasteiger partial charge in [0.1, 0.15) is 5.02 Å². The lowest BCUT2D eigenvalue weighted by Gasteiger charge is -2.17. The first-order valence-electron chi connectivity index (χ1n) is 6.29. The van der Waals surface area contributed by atoms with Crippen LogP contribution >= 0.6 is 11.6 Å². The molecule has 1 aliphatic heterocycles. The standard InChI is InChI=1S/C12H17ClN4O2/c1-3-10(18)17-5-4-8(7-17)15-9-6-14-16(2)12(19)11(9)13/h6,8,15H,3-5,7H2,1-2H3. The van der Waals surface area contributed by atoms with Crippen molar-refractivity contribution in [3.05, 3.63) is 21.6 Å². The van der Waals surface area contributed by atoms with E-state index in [-0.39, 0.29) is 22.5 Å². The van der Waals surface area contributed by atoms with Crippen molar-refractivity contribution in [3.63, 3.8) is 0 Å². The number of aromatic nitrogens is 2. The van der Waals surface area contributed by atoms with Gasteiger partial charge in [0.2, 0.25) is 5.91 Å². The maximum absolute atomic E-state index is 11.6. The molecule has 1 atom stereocenters. The second-order valence-electron chi connectivity index (χ2n) is 4.62. The average molecular weight is 285 g/mol. The Bertz CT molecular complexity index is 543. The van der Waals surface area contributed by atoms with Gasteiger partial charge in [-0.3, -0.25) is 9.59 Å². The van der Waals surface area contributed by atoms with Crippen LogP contribution in [0.5, 0.6) is 0 Å². The summed E-state index contributed by atoms with van der Waals surface area (Å²) in [5.41, 5.74) is 0.201. The summed E-state index contributed by atoms with van der Waals surface area (Å²) >= 11 is 5.99. The van der Waals surface area contributed by atoms with E-state index in [4.69, 9.17) is 11.6 Å². The summed E-state index contributed by atoms with van der Waals surface area (Å²) < 4.78 is 1.19. The highest BCUT2D eigenvalue weighted by molar-refractivity contribution is 6.32. The number of aryl methyl sites for hydroxylation is 1. The van der Waals surface area contributed by atoms with E-state index in [0.29, 0.717) is 18.7 Å². The van der Waals surface area contributed by atoms with Crippen LogP contribution in [0.1, 0.15) is 19.8 Å². The van der Waals surface area contributed by atoms with Gasteiger partial charge in [0.25, 0.3) is 5.56 Å². The highest BCUT2D eigenvalue weighted by Crippen LogP contribution is 2.20. The number of carbonyl (C=O) groups excluding carboxylic acids is 1. The Kier molecular flexibility index (Phi) is 4.09. The molecule has 1 aromatic rings. The van der Waals surface area contributed by atoms with E-state index in [0.717, 1.165) is 13.0 Å². The molecule has 2 rings (SSSR count). The Morgan fingerprint density at radius 1 is 1.63 bits per heavy atom. The summed E-state index contributed by atoms with van der Waals surface area (Å²) in [6.45, 7) is 3.23. The number of rotatable bonds is 3. The molecule has 0 radical (unpaired) electrons. The minimum Gasteiger partial charge on any atom is -0.378 e. The van der Waals surface area contributed by atoms with E-state index < -0.39 is 0 Å². The molecule has 1 fully saturated rings. The molecular formula is C12H17ClN4O2. The minimum atomic E-state index is -0.328. The van der Waals surface area contributed by atoms with Gasteiger partial charge in [-0.25, -0.2) is 4.68 Å². The number of halogens is 1. The molecule has 6 nitrogen and oxygen atoms in total.